The van der Waals surface area contributed by atoms with E-state index in [0.717, 1.165) is 25.7 Å². The number of furan rings is 1. The molecule has 2 atom stereocenters. The average molecular weight is 293 g/mol. The zero-order chi connectivity index (χ0) is 15.5. The van der Waals surface area contributed by atoms with Crippen molar-refractivity contribution in [3.8, 4) is 0 Å². The Hall–Kier alpha value is -1.29. The molecule has 1 heterocycles. The highest BCUT2D eigenvalue weighted by Gasteiger charge is 2.44. The summed E-state index contributed by atoms with van der Waals surface area (Å²) in [7, 11) is 0. The van der Waals surface area contributed by atoms with Crippen LogP contribution < -0.4 is 5.32 Å². The quantitative estimate of drug-likeness (QED) is 0.809. The molecule has 1 aromatic rings. The minimum absolute atomic E-state index is 0.0674. The van der Waals surface area contributed by atoms with Gasteiger partial charge in [0.25, 0.3) is 0 Å². The zero-order valence-corrected chi connectivity index (χ0v) is 13.3. The summed E-state index contributed by atoms with van der Waals surface area (Å²) in [6.45, 7) is 6.26. The smallest absolute Gasteiger partial charge is 0.226 e. The highest BCUT2D eigenvalue weighted by Crippen LogP contribution is 2.46. The van der Waals surface area contributed by atoms with Gasteiger partial charge in [-0.15, -0.1) is 0 Å². The third kappa shape index (κ3) is 3.88. The van der Waals surface area contributed by atoms with E-state index in [1.54, 1.807) is 18.4 Å². The van der Waals surface area contributed by atoms with E-state index in [4.69, 9.17) is 4.42 Å². The molecule has 2 unspecified atom stereocenters. The van der Waals surface area contributed by atoms with Gasteiger partial charge >= 0.3 is 0 Å². The number of carbonyl (C=O) groups is 1. The molecule has 1 aliphatic rings. The van der Waals surface area contributed by atoms with Crippen molar-refractivity contribution in [2.45, 2.75) is 65.0 Å². The number of hydrogen-bond donors (Lipinski definition) is 2. The van der Waals surface area contributed by atoms with Crippen LogP contribution >= 0.6 is 0 Å². The summed E-state index contributed by atoms with van der Waals surface area (Å²) in [6, 6.07) is 3.45. The summed E-state index contributed by atoms with van der Waals surface area (Å²) in [4.78, 5) is 12.5. The van der Waals surface area contributed by atoms with Crippen molar-refractivity contribution in [1.82, 2.24) is 5.32 Å². The predicted octanol–water partition coefficient (Wildman–Crippen LogP) is 3.42. The van der Waals surface area contributed by atoms with Crippen LogP contribution in [0.15, 0.2) is 22.8 Å². The summed E-state index contributed by atoms with van der Waals surface area (Å²) in [5.74, 6) is 1.23. The van der Waals surface area contributed by atoms with Crippen LogP contribution in [-0.2, 0) is 4.79 Å². The largest absolute Gasteiger partial charge is 0.467 e. The van der Waals surface area contributed by atoms with Crippen LogP contribution in [-0.4, -0.2) is 17.1 Å². The van der Waals surface area contributed by atoms with Gasteiger partial charge in [-0.1, -0.05) is 20.3 Å². The number of aliphatic hydroxyl groups excluding tert-OH is 1. The van der Waals surface area contributed by atoms with Gasteiger partial charge in [0.1, 0.15) is 11.9 Å². The van der Waals surface area contributed by atoms with Gasteiger partial charge in [-0.3, -0.25) is 4.79 Å². The fourth-order valence-corrected chi connectivity index (χ4v) is 3.28. The van der Waals surface area contributed by atoms with Crippen molar-refractivity contribution >= 4 is 5.91 Å². The standard InChI is InChI=1S/C17H27NO3/c1-12(2)11-17(7-5-8-17)16(20)18-13(3)10-14(19)15-6-4-9-21-15/h4,6,9,12-14,19H,5,7-8,10-11H2,1-3H3,(H,18,20). The molecular formula is C17H27NO3. The van der Waals surface area contributed by atoms with Crippen LogP contribution in [0.3, 0.4) is 0 Å². The molecule has 0 bridgehead atoms. The van der Waals surface area contributed by atoms with Crippen molar-refractivity contribution in [1.29, 1.82) is 0 Å². The third-order valence-corrected chi connectivity index (χ3v) is 4.42. The topological polar surface area (TPSA) is 62.5 Å². The lowest BCUT2D eigenvalue weighted by atomic mass is 9.64. The fraction of sp³-hybridized carbons (Fsp3) is 0.706. The Morgan fingerprint density at radius 2 is 2.14 bits per heavy atom. The second-order valence-electron chi connectivity index (χ2n) is 6.87. The second kappa shape index (κ2) is 6.65. The predicted molar refractivity (Wildman–Crippen MR) is 81.6 cm³/mol. The van der Waals surface area contributed by atoms with E-state index in [1.165, 1.54) is 0 Å². The first-order valence-electron chi connectivity index (χ1n) is 7.95. The molecule has 1 aromatic heterocycles. The average Bonchev–Trinajstić information content (AvgIpc) is 2.86. The SMILES string of the molecule is CC(C)CC1(C(=O)NC(C)CC(O)c2ccco2)CCC1. The maximum absolute atomic E-state index is 12.5. The van der Waals surface area contributed by atoms with Crippen molar-refractivity contribution < 1.29 is 14.3 Å². The Morgan fingerprint density at radius 3 is 2.62 bits per heavy atom. The van der Waals surface area contributed by atoms with Gasteiger partial charge in [0, 0.05) is 17.9 Å². The van der Waals surface area contributed by atoms with Crippen molar-refractivity contribution in [2.75, 3.05) is 0 Å². The Bertz CT molecular complexity index is 449. The number of nitrogens with one attached hydrogen (secondary N) is 1. The maximum atomic E-state index is 12.5. The molecule has 0 aliphatic heterocycles. The van der Waals surface area contributed by atoms with Gasteiger partial charge < -0.3 is 14.8 Å². The number of amides is 1. The molecule has 1 amide bonds. The van der Waals surface area contributed by atoms with Crippen LogP contribution in [0.25, 0.3) is 0 Å². The fourth-order valence-electron chi connectivity index (χ4n) is 3.28. The molecule has 1 aliphatic carbocycles. The normalized spacial score (nSPS) is 19.9. The van der Waals surface area contributed by atoms with E-state index in [2.05, 4.69) is 19.2 Å². The number of rotatable bonds is 7. The molecular weight excluding hydrogens is 266 g/mol. The van der Waals surface area contributed by atoms with Gasteiger partial charge in [-0.2, -0.15) is 0 Å². The molecule has 1 fully saturated rings. The van der Waals surface area contributed by atoms with Crippen LogP contribution in [0.5, 0.6) is 0 Å². The molecule has 0 aromatic carbocycles. The molecule has 2 N–H and O–H groups in total. The molecule has 0 saturated heterocycles. The molecule has 1 saturated carbocycles. The van der Waals surface area contributed by atoms with Crippen LogP contribution in [0, 0.1) is 11.3 Å². The lowest BCUT2D eigenvalue weighted by Crippen LogP contribution is -2.49. The van der Waals surface area contributed by atoms with Crippen molar-refractivity contribution in [2.24, 2.45) is 11.3 Å². The Labute approximate surface area is 126 Å². The molecule has 118 valence electrons. The van der Waals surface area contributed by atoms with E-state index in [1.807, 2.05) is 6.92 Å². The van der Waals surface area contributed by atoms with Crippen LogP contribution in [0.1, 0.15) is 64.7 Å². The van der Waals surface area contributed by atoms with Gasteiger partial charge in [-0.25, -0.2) is 0 Å². The van der Waals surface area contributed by atoms with E-state index >= 15 is 0 Å². The van der Waals surface area contributed by atoms with Crippen LogP contribution in [0.2, 0.25) is 0 Å². The molecule has 2 rings (SSSR count). The van der Waals surface area contributed by atoms with E-state index in [0.29, 0.717) is 18.1 Å². The Morgan fingerprint density at radius 1 is 1.43 bits per heavy atom. The first kappa shape index (κ1) is 16.1. The lowest BCUT2D eigenvalue weighted by Gasteiger charge is -2.42. The van der Waals surface area contributed by atoms with Gasteiger partial charge in [0.15, 0.2) is 0 Å². The molecule has 4 nitrogen and oxygen atoms in total. The Balaban J connectivity index is 1.86. The molecule has 21 heavy (non-hydrogen) atoms. The maximum Gasteiger partial charge on any atom is 0.226 e. The highest BCUT2D eigenvalue weighted by atomic mass is 16.4. The van der Waals surface area contributed by atoms with Gasteiger partial charge in [0.2, 0.25) is 5.91 Å². The molecule has 4 heteroatoms. The first-order chi connectivity index (χ1) is 9.93. The van der Waals surface area contributed by atoms with E-state index in [9.17, 15) is 9.90 Å². The van der Waals surface area contributed by atoms with E-state index in [-0.39, 0.29) is 17.4 Å². The minimum Gasteiger partial charge on any atom is -0.467 e. The number of hydrogen-bond acceptors (Lipinski definition) is 3. The summed E-state index contributed by atoms with van der Waals surface area (Å²) in [6.07, 6.45) is 5.42. The number of carbonyl (C=O) groups excluding carboxylic acids is 1. The summed E-state index contributed by atoms with van der Waals surface area (Å²) < 4.78 is 5.19. The van der Waals surface area contributed by atoms with Crippen molar-refractivity contribution in [3.63, 3.8) is 0 Å². The first-order valence-corrected chi connectivity index (χ1v) is 7.95. The van der Waals surface area contributed by atoms with E-state index < -0.39 is 6.10 Å². The minimum atomic E-state index is -0.669. The second-order valence-corrected chi connectivity index (χ2v) is 6.87. The lowest BCUT2D eigenvalue weighted by molar-refractivity contribution is -0.138. The third-order valence-electron chi connectivity index (χ3n) is 4.42. The molecule has 0 spiro atoms. The summed E-state index contributed by atoms with van der Waals surface area (Å²) in [5, 5.41) is 13.1. The number of aliphatic hydroxyl groups is 1. The van der Waals surface area contributed by atoms with Gasteiger partial charge in [-0.05, 0) is 44.2 Å². The van der Waals surface area contributed by atoms with Crippen molar-refractivity contribution in [3.05, 3.63) is 24.2 Å². The summed E-state index contributed by atoms with van der Waals surface area (Å²) in [5.41, 5.74) is -0.169. The Kier molecular flexibility index (Phi) is 5.09. The molecule has 0 radical (unpaired) electrons. The summed E-state index contributed by atoms with van der Waals surface area (Å²) >= 11 is 0. The van der Waals surface area contributed by atoms with Crippen LogP contribution in [0.4, 0.5) is 0 Å². The monoisotopic (exact) mass is 293 g/mol. The van der Waals surface area contributed by atoms with Gasteiger partial charge in [0.05, 0.1) is 6.26 Å². The highest BCUT2D eigenvalue weighted by molar-refractivity contribution is 5.83. The zero-order valence-electron chi connectivity index (χ0n) is 13.3.